The summed E-state index contributed by atoms with van der Waals surface area (Å²) in [5.74, 6) is 0.386. The predicted octanol–water partition coefficient (Wildman–Crippen LogP) is 2.60. The lowest BCUT2D eigenvalue weighted by molar-refractivity contribution is -0.126. The Bertz CT molecular complexity index is 458. The van der Waals surface area contributed by atoms with Crippen molar-refractivity contribution in [3.8, 4) is 0 Å². The Balaban J connectivity index is 0.00000147. The molecule has 1 aromatic rings. The highest BCUT2D eigenvalue weighted by Crippen LogP contribution is 2.29. The van der Waals surface area contributed by atoms with Gasteiger partial charge in [-0.1, -0.05) is 24.3 Å². The van der Waals surface area contributed by atoms with Gasteiger partial charge in [0.2, 0.25) is 5.91 Å². The van der Waals surface area contributed by atoms with Crippen LogP contribution in [0.3, 0.4) is 0 Å². The van der Waals surface area contributed by atoms with Gasteiger partial charge in [0.1, 0.15) is 0 Å². The van der Waals surface area contributed by atoms with E-state index < -0.39 is 0 Å². The highest BCUT2D eigenvalue weighted by molar-refractivity contribution is 5.85. The van der Waals surface area contributed by atoms with Crippen LogP contribution >= 0.6 is 12.4 Å². The topological polar surface area (TPSA) is 41.1 Å². The van der Waals surface area contributed by atoms with Crippen LogP contribution < -0.4 is 10.6 Å². The molecule has 2 atom stereocenters. The van der Waals surface area contributed by atoms with Crippen LogP contribution in [-0.4, -0.2) is 19.0 Å². The molecule has 2 unspecified atom stereocenters. The molecule has 0 saturated carbocycles. The van der Waals surface area contributed by atoms with Crippen LogP contribution in [0.1, 0.15) is 42.9 Å². The molecule has 3 nitrogen and oxygen atoms in total. The highest BCUT2D eigenvalue weighted by atomic mass is 35.5. The van der Waals surface area contributed by atoms with Gasteiger partial charge in [0.25, 0.3) is 0 Å². The summed E-state index contributed by atoms with van der Waals surface area (Å²) < 4.78 is 0. The van der Waals surface area contributed by atoms with Crippen LogP contribution in [0.5, 0.6) is 0 Å². The number of rotatable bonds is 2. The standard InChI is InChI=1S/C16H22N2O.ClH/c19-16(13-7-4-10-17-11-13)18-15-9-3-6-12-5-1-2-8-14(12)15;/h1-2,5,8,13,15,17H,3-4,6-7,9-11H2,(H,18,19);1H. The van der Waals surface area contributed by atoms with Crippen molar-refractivity contribution in [1.82, 2.24) is 10.6 Å². The number of aryl methyl sites for hydroxylation is 1. The average molecular weight is 295 g/mol. The lowest BCUT2D eigenvalue weighted by atomic mass is 9.87. The van der Waals surface area contributed by atoms with E-state index in [4.69, 9.17) is 0 Å². The van der Waals surface area contributed by atoms with Gasteiger partial charge in [0, 0.05) is 6.54 Å². The molecule has 1 heterocycles. The van der Waals surface area contributed by atoms with Crippen molar-refractivity contribution in [3.63, 3.8) is 0 Å². The first-order chi connectivity index (χ1) is 9.34. The van der Waals surface area contributed by atoms with Crippen molar-refractivity contribution in [1.29, 1.82) is 0 Å². The largest absolute Gasteiger partial charge is 0.349 e. The van der Waals surface area contributed by atoms with E-state index in [1.165, 1.54) is 17.5 Å². The Morgan fingerprint density at radius 1 is 1.20 bits per heavy atom. The normalized spacial score (nSPS) is 25.2. The maximum absolute atomic E-state index is 12.3. The monoisotopic (exact) mass is 294 g/mol. The second-order valence-electron chi connectivity index (χ2n) is 5.70. The number of carbonyl (C=O) groups is 1. The summed E-state index contributed by atoms with van der Waals surface area (Å²) in [6, 6.07) is 8.74. The fourth-order valence-corrected chi connectivity index (χ4v) is 3.27. The van der Waals surface area contributed by atoms with Crippen LogP contribution in [0.2, 0.25) is 0 Å². The summed E-state index contributed by atoms with van der Waals surface area (Å²) in [7, 11) is 0. The molecule has 2 aliphatic rings. The Kier molecular flexibility index (Phi) is 5.44. The molecule has 0 bridgehead atoms. The summed E-state index contributed by atoms with van der Waals surface area (Å²) >= 11 is 0. The molecule has 1 aliphatic heterocycles. The molecule has 1 aliphatic carbocycles. The molecule has 2 N–H and O–H groups in total. The number of hydrogen-bond donors (Lipinski definition) is 2. The van der Waals surface area contributed by atoms with Gasteiger partial charge in [-0.15, -0.1) is 12.4 Å². The summed E-state index contributed by atoms with van der Waals surface area (Å²) in [6.07, 6.45) is 5.52. The number of amides is 1. The van der Waals surface area contributed by atoms with Gasteiger partial charge in [0.05, 0.1) is 12.0 Å². The van der Waals surface area contributed by atoms with E-state index in [1.54, 1.807) is 0 Å². The van der Waals surface area contributed by atoms with Gasteiger partial charge < -0.3 is 10.6 Å². The summed E-state index contributed by atoms with van der Waals surface area (Å²) in [5, 5.41) is 6.58. The maximum atomic E-state index is 12.3. The minimum atomic E-state index is 0. The van der Waals surface area contributed by atoms with E-state index in [9.17, 15) is 4.79 Å². The fourth-order valence-electron chi connectivity index (χ4n) is 3.27. The number of nitrogens with one attached hydrogen (secondary N) is 2. The zero-order chi connectivity index (χ0) is 13.1. The van der Waals surface area contributed by atoms with Gasteiger partial charge in [-0.25, -0.2) is 0 Å². The SMILES string of the molecule is Cl.O=C(NC1CCCc2ccccc21)C1CCCNC1. The first-order valence-electron chi connectivity index (χ1n) is 7.43. The van der Waals surface area contributed by atoms with Crippen LogP contribution in [0.4, 0.5) is 0 Å². The lowest BCUT2D eigenvalue weighted by Crippen LogP contribution is -2.42. The van der Waals surface area contributed by atoms with Crippen molar-refractivity contribution in [2.45, 2.75) is 38.1 Å². The Hall–Kier alpha value is -1.06. The molecule has 1 aromatic carbocycles. The zero-order valence-electron chi connectivity index (χ0n) is 11.7. The van der Waals surface area contributed by atoms with E-state index in [-0.39, 0.29) is 30.3 Å². The van der Waals surface area contributed by atoms with Crippen molar-refractivity contribution >= 4 is 18.3 Å². The molecule has 0 spiro atoms. The number of benzene rings is 1. The average Bonchev–Trinajstić information content (AvgIpc) is 2.48. The highest BCUT2D eigenvalue weighted by Gasteiger charge is 2.26. The van der Waals surface area contributed by atoms with Crippen molar-refractivity contribution in [2.24, 2.45) is 5.92 Å². The number of piperidine rings is 1. The van der Waals surface area contributed by atoms with Gasteiger partial charge in [0.15, 0.2) is 0 Å². The maximum Gasteiger partial charge on any atom is 0.224 e. The first-order valence-corrected chi connectivity index (χ1v) is 7.43. The number of halogens is 1. The molecule has 20 heavy (non-hydrogen) atoms. The van der Waals surface area contributed by atoms with Gasteiger partial charge >= 0.3 is 0 Å². The molecule has 3 rings (SSSR count). The third kappa shape index (κ3) is 3.33. The summed E-state index contributed by atoms with van der Waals surface area (Å²) in [6.45, 7) is 1.89. The Morgan fingerprint density at radius 2 is 2.05 bits per heavy atom. The zero-order valence-corrected chi connectivity index (χ0v) is 12.5. The van der Waals surface area contributed by atoms with E-state index in [2.05, 4.69) is 34.9 Å². The van der Waals surface area contributed by atoms with E-state index >= 15 is 0 Å². The van der Waals surface area contributed by atoms with E-state index in [1.807, 2.05) is 0 Å². The molecular formula is C16H23ClN2O. The van der Waals surface area contributed by atoms with Crippen molar-refractivity contribution in [3.05, 3.63) is 35.4 Å². The Labute approximate surface area is 126 Å². The van der Waals surface area contributed by atoms with E-state index in [0.29, 0.717) is 0 Å². The molecule has 0 aromatic heterocycles. The molecule has 0 radical (unpaired) electrons. The molecule has 1 saturated heterocycles. The third-order valence-corrected chi connectivity index (χ3v) is 4.35. The van der Waals surface area contributed by atoms with Gasteiger partial charge in [-0.3, -0.25) is 4.79 Å². The van der Waals surface area contributed by atoms with Crippen LogP contribution in [0, 0.1) is 5.92 Å². The number of carbonyl (C=O) groups excluding carboxylic acids is 1. The molecule has 110 valence electrons. The quantitative estimate of drug-likeness (QED) is 0.880. The molecular weight excluding hydrogens is 272 g/mol. The fraction of sp³-hybridized carbons (Fsp3) is 0.562. The second-order valence-corrected chi connectivity index (χ2v) is 5.70. The van der Waals surface area contributed by atoms with E-state index in [0.717, 1.165) is 38.8 Å². The van der Waals surface area contributed by atoms with Crippen molar-refractivity contribution in [2.75, 3.05) is 13.1 Å². The second kappa shape index (κ2) is 7.09. The van der Waals surface area contributed by atoms with Crippen LogP contribution in [0.15, 0.2) is 24.3 Å². The van der Waals surface area contributed by atoms with Gasteiger partial charge in [-0.05, 0) is 49.8 Å². The van der Waals surface area contributed by atoms with Crippen LogP contribution in [0.25, 0.3) is 0 Å². The minimum Gasteiger partial charge on any atom is -0.349 e. The third-order valence-electron chi connectivity index (χ3n) is 4.35. The van der Waals surface area contributed by atoms with Crippen molar-refractivity contribution < 1.29 is 4.79 Å². The summed E-state index contributed by atoms with van der Waals surface area (Å²) in [4.78, 5) is 12.3. The minimum absolute atomic E-state index is 0. The first kappa shape index (κ1) is 15.3. The molecule has 1 amide bonds. The molecule has 4 heteroatoms. The molecule has 1 fully saturated rings. The predicted molar refractivity (Wildman–Crippen MR) is 83.1 cm³/mol. The Morgan fingerprint density at radius 3 is 2.85 bits per heavy atom. The lowest BCUT2D eigenvalue weighted by Gasteiger charge is -2.29. The number of hydrogen-bond acceptors (Lipinski definition) is 2. The number of fused-ring (bicyclic) bond motifs is 1. The van der Waals surface area contributed by atoms with Gasteiger partial charge in [-0.2, -0.15) is 0 Å². The summed E-state index contributed by atoms with van der Waals surface area (Å²) in [5.41, 5.74) is 2.73. The smallest absolute Gasteiger partial charge is 0.224 e. The van der Waals surface area contributed by atoms with Crippen LogP contribution in [-0.2, 0) is 11.2 Å².